The molecule has 0 unspecified atom stereocenters. The molecule has 1 fully saturated rings. The Morgan fingerprint density at radius 3 is 2.52 bits per heavy atom. The van der Waals surface area contributed by atoms with Crippen LogP contribution in [0.4, 0.5) is 11.5 Å². The number of benzene rings is 1. The molecule has 0 spiro atoms. The third kappa shape index (κ3) is 4.12. The fourth-order valence-electron chi connectivity index (χ4n) is 2.87. The van der Waals surface area contributed by atoms with E-state index in [1.54, 1.807) is 36.4 Å². The van der Waals surface area contributed by atoms with E-state index < -0.39 is 5.97 Å². The summed E-state index contributed by atoms with van der Waals surface area (Å²) < 4.78 is 4.76. The number of hydrogen-bond acceptors (Lipinski definition) is 6. The van der Waals surface area contributed by atoms with E-state index in [9.17, 15) is 9.59 Å². The van der Waals surface area contributed by atoms with Crippen molar-refractivity contribution in [1.82, 2.24) is 15.5 Å². The van der Waals surface area contributed by atoms with Crippen LogP contribution in [0.2, 0.25) is 0 Å². The van der Waals surface area contributed by atoms with Crippen LogP contribution in [0.15, 0.2) is 36.4 Å². The molecule has 1 aromatic carbocycles. The summed E-state index contributed by atoms with van der Waals surface area (Å²) in [6.07, 6.45) is 4.34. The second kappa shape index (κ2) is 7.74. The number of nitrogens with one attached hydrogen (secondary N) is 2. The van der Waals surface area contributed by atoms with Gasteiger partial charge < -0.3 is 15.4 Å². The van der Waals surface area contributed by atoms with E-state index in [2.05, 4.69) is 20.8 Å². The summed E-state index contributed by atoms with van der Waals surface area (Å²) in [4.78, 5) is 23.9. The first-order valence-electron chi connectivity index (χ1n) is 8.26. The van der Waals surface area contributed by atoms with Crippen molar-refractivity contribution in [3.8, 4) is 0 Å². The van der Waals surface area contributed by atoms with E-state index in [1.807, 2.05) is 0 Å². The van der Waals surface area contributed by atoms with Crippen LogP contribution in [0.3, 0.4) is 0 Å². The number of rotatable bonds is 5. The molecule has 1 aliphatic rings. The number of ether oxygens (including phenoxy) is 1. The second-order valence-electron chi connectivity index (χ2n) is 5.92. The first-order chi connectivity index (χ1) is 12.2. The number of amides is 1. The molecule has 3 rings (SSSR count). The largest absolute Gasteiger partial charge is 0.465 e. The van der Waals surface area contributed by atoms with E-state index in [1.165, 1.54) is 7.11 Å². The summed E-state index contributed by atoms with van der Waals surface area (Å²) in [6, 6.07) is 10.5. The average molecular weight is 340 g/mol. The summed E-state index contributed by atoms with van der Waals surface area (Å²) in [7, 11) is 1.33. The lowest BCUT2D eigenvalue weighted by molar-refractivity contribution is 0.0601. The molecule has 0 atom stereocenters. The molecule has 130 valence electrons. The summed E-state index contributed by atoms with van der Waals surface area (Å²) in [6.45, 7) is 0. The van der Waals surface area contributed by atoms with Gasteiger partial charge in [-0.3, -0.25) is 4.79 Å². The molecule has 1 aliphatic carbocycles. The number of methoxy groups -OCH3 is 1. The number of hydrogen-bond donors (Lipinski definition) is 2. The van der Waals surface area contributed by atoms with Crippen LogP contribution in [-0.2, 0) is 4.74 Å². The molecule has 0 bridgehead atoms. The molecular weight excluding hydrogens is 320 g/mol. The highest BCUT2D eigenvalue weighted by molar-refractivity contribution is 5.96. The Labute approximate surface area is 145 Å². The van der Waals surface area contributed by atoms with Gasteiger partial charge >= 0.3 is 5.97 Å². The molecule has 2 N–H and O–H groups in total. The quantitative estimate of drug-likeness (QED) is 0.813. The third-order valence-electron chi connectivity index (χ3n) is 4.18. The highest BCUT2D eigenvalue weighted by Gasteiger charge is 2.19. The first-order valence-corrected chi connectivity index (χ1v) is 8.26. The van der Waals surface area contributed by atoms with Crippen LogP contribution in [0.25, 0.3) is 0 Å². The molecule has 0 aliphatic heterocycles. The van der Waals surface area contributed by atoms with Gasteiger partial charge in [0.1, 0.15) is 0 Å². The normalized spacial score (nSPS) is 14.1. The number of aromatic nitrogens is 2. The number of carbonyl (C=O) groups is 2. The molecule has 1 amide bonds. The summed E-state index contributed by atoms with van der Waals surface area (Å²) in [5.41, 5.74) is 1.24. The van der Waals surface area contributed by atoms with Crippen molar-refractivity contribution in [1.29, 1.82) is 0 Å². The minimum absolute atomic E-state index is 0.207. The van der Waals surface area contributed by atoms with Crippen molar-refractivity contribution < 1.29 is 14.3 Å². The Morgan fingerprint density at radius 2 is 1.84 bits per heavy atom. The average Bonchev–Trinajstić information content (AvgIpc) is 3.15. The van der Waals surface area contributed by atoms with Gasteiger partial charge in [-0.1, -0.05) is 25.0 Å². The van der Waals surface area contributed by atoms with Gasteiger partial charge in [-0.2, -0.15) is 0 Å². The zero-order valence-electron chi connectivity index (χ0n) is 14.0. The molecule has 1 saturated carbocycles. The topological polar surface area (TPSA) is 93.2 Å². The van der Waals surface area contributed by atoms with Crippen LogP contribution >= 0.6 is 0 Å². The number of carbonyl (C=O) groups excluding carboxylic acids is 2. The molecule has 7 nitrogen and oxygen atoms in total. The number of esters is 1. The Kier molecular flexibility index (Phi) is 5.23. The molecule has 1 aromatic heterocycles. The third-order valence-corrected chi connectivity index (χ3v) is 4.18. The van der Waals surface area contributed by atoms with Gasteiger partial charge in [-0.05, 0) is 37.1 Å². The van der Waals surface area contributed by atoms with Crippen molar-refractivity contribution in [2.75, 3.05) is 12.4 Å². The Balaban J connectivity index is 1.69. The lowest BCUT2D eigenvalue weighted by Gasteiger charge is -2.12. The highest BCUT2D eigenvalue weighted by Crippen LogP contribution is 2.20. The van der Waals surface area contributed by atoms with Crippen LogP contribution < -0.4 is 10.6 Å². The summed E-state index contributed by atoms with van der Waals surface area (Å²) in [5.74, 6) is -0.210. The predicted molar refractivity (Wildman–Crippen MR) is 92.8 cm³/mol. The Morgan fingerprint density at radius 1 is 1.08 bits per heavy atom. The molecule has 7 heteroatoms. The van der Waals surface area contributed by atoms with Gasteiger partial charge in [-0.15, -0.1) is 10.2 Å². The van der Waals surface area contributed by atoms with Crippen molar-refractivity contribution in [2.45, 2.75) is 31.7 Å². The molecule has 1 heterocycles. The van der Waals surface area contributed by atoms with E-state index in [0.29, 0.717) is 17.1 Å². The minimum atomic E-state index is -0.441. The van der Waals surface area contributed by atoms with Crippen LogP contribution in [-0.4, -0.2) is 35.2 Å². The number of para-hydroxylation sites is 1. The van der Waals surface area contributed by atoms with Crippen LogP contribution in [0, 0.1) is 0 Å². The highest BCUT2D eigenvalue weighted by atomic mass is 16.5. The maximum atomic E-state index is 12.2. The van der Waals surface area contributed by atoms with Gasteiger partial charge in [0, 0.05) is 6.04 Å². The van der Waals surface area contributed by atoms with E-state index in [4.69, 9.17) is 4.74 Å². The van der Waals surface area contributed by atoms with Crippen molar-refractivity contribution in [2.24, 2.45) is 0 Å². The first kappa shape index (κ1) is 16.9. The smallest absolute Gasteiger partial charge is 0.339 e. The van der Waals surface area contributed by atoms with E-state index in [-0.39, 0.29) is 17.6 Å². The lowest BCUT2D eigenvalue weighted by atomic mass is 10.2. The molecule has 0 saturated heterocycles. The maximum absolute atomic E-state index is 12.2. The van der Waals surface area contributed by atoms with Crippen molar-refractivity contribution in [3.05, 3.63) is 47.7 Å². The number of anilines is 2. The van der Waals surface area contributed by atoms with Gasteiger partial charge in [0.25, 0.3) is 5.91 Å². The minimum Gasteiger partial charge on any atom is -0.465 e. The van der Waals surface area contributed by atoms with Gasteiger partial charge in [0.05, 0.1) is 18.4 Å². The number of nitrogens with zero attached hydrogens (tertiary/aromatic N) is 2. The molecule has 0 radical (unpaired) electrons. The zero-order chi connectivity index (χ0) is 17.6. The Hall–Kier alpha value is -2.96. The van der Waals surface area contributed by atoms with E-state index >= 15 is 0 Å². The van der Waals surface area contributed by atoms with Crippen LogP contribution in [0.1, 0.15) is 46.5 Å². The maximum Gasteiger partial charge on any atom is 0.339 e. The molecule has 2 aromatic rings. The predicted octanol–water partition coefficient (Wildman–Crippen LogP) is 2.68. The summed E-state index contributed by atoms with van der Waals surface area (Å²) in [5, 5.41) is 14.0. The monoisotopic (exact) mass is 340 g/mol. The molecular formula is C18H20N4O3. The van der Waals surface area contributed by atoms with Gasteiger partial charge in [0.15, 0.2) is 11.5 Å². The second-order valence-corrected chi connectivity index (χ2v) is 5.92. The Bertz CT molecular complexity index is 755. The van der Waals surface area contributed by atoms with Crippen LogP contribution in [0.5, 0.6) is 0 Å². The van der Waals surface area contributed by atoms with Crippen molar-refractivity contribution >= 4 is 23.4 Å². The fourth-order valence-corrected chi connectivity index (χ4v) is 2.87. The standard InChI is InChI=1S/C18H20N4O3/c1-25-18(24)13-8-4-5-9-14(13)20-16-11-10-15(21-22-16)17(23)19-12-6-2-3-7-12/h4-5,8-12H,2-3,6-7H2,1H3,(H,19,23)(H,20,22). The SMILES string of the molecule is COC(=O)c1ccccc1Nc1ccc(C(=O)NC2CCCC2)nn1. The summed E-state index contributed by atoms with van der Waals surface area (Å²) >= 11 is 0. The van der Waals surface area contributed by atoms with E-state index in [0.717, 1.165) is 25.7 Å². The van der Waals surface area contributed by atoms with Gasteiger partial charge in [-0.25, -0.2) is 4.79 Å². The fraction of sp³-hybridized carbons (Fsp3) is 0.333. The van der Waals surface area contributed by atoms with Gasteiger partial charge in [0.2, 0.25) is 0 Å². The lowest BCUT2D eigenvalue weighted by Crippen LogP contribution is -2.33. The van der Waals surface area contributed by atoms with Crippen molar-refractivity contribution in [3.63, 3.8) is 0 Å². The molecule has 25 heavy (non-hydrogen) atoms. The zero-order valence-corrected chi connectivity index (χ0v) is 14.0.